The Hall–Kier alpha value is -2.60. The Bertz CT molecular complexity index is 893. The predicted molar refractivity (Wildman–Crippen MR) is 121 cm³/mol. The Balaban J connectivity index is 1.77. The van der Waals surface area contributed by atoms with Crippen molar-refractivity contribution in [2.24, 2.45) is 5.92 Å². The molecular formula is C24H32N4O2. The molecule has 1 N–H and O–H groups in total. The van der Waals surface area contributed by atoms with E-state index in [-0.39, 0.29) is 23.9 Å². The number of nitrogens with one attached hydrogen (secondary N) is 1. The fraction of sp³-hybridized carbons (Fsp3) is 0.500. The van der Waals surface area contributed by atoms with Gasteiger partial charge < -0.3 is 19.9 Å². The summed E-state index contributed by atoms with van der Waals surface area (Å²) < 4.78 is 5.52. The Kier molecular flexibility index (Phi) is 5.95. The monoisotopic (exact) mass is 408 g/mol. The summed E-state index contributed by atoms with van der Waals surface area (Å²) in [6.45, 7) is 11.4. The van der Waals surface area contributed by atoms with Gasteiger partial charge in [-0.2, -0.15) is 0 Å². The number of aryl methyl sites for hydroxylation is 1. The van der Waals surface area contributed by atoms with E-state index in [2.05, 4.69) is 53.3 Å². The maximum atomic E-state index is 12.6. The molecule has 0 radical (unpaired) electrons. The zero-order valence-electron chi connectivity index (χ0n) is 18.4. The molecule has 1 fully saturated rings. The summed E-state index contributed by atoms with van der Waals surface area (Å²) >= 11 is 0. The third-order valence-electron chi connectivity index (χ3n) is 6.42. The van der Waals surface area contributed by atoms with Crippen molar-refractivity contribution in [3.8, 4) is 0 Å². The Morgan fingerprint density at radius 1 is 1.23 bits per heavy atom. The third kappa shape index (κ3) is 3.88. The molecule has 4 rings (SSSR count). The molecule has 3 atom stereocenters. The van der Waals surface area contributed by atoms with Gasteiger partial charge in [0.2, 0.25) is 5.91 Å². The highest BCUT2D eigenvalue weighted by molar-refractivity contribution is 5.94. The highest BCUT2D eigenvalue weighted by Crippen LogP contribution is 2.44. The molecule has 2 aliphatic rings. The van der Waals surface area contributed by atoms with Crippen molar-refractivity contribution >= 4 is 23.1 Å². The van der Waals surface area contributed by atoms with Gasteiger partial charge in [0.15, 0.2) is 0 Å². The molecule has 2 aliphatic heterocycles. The molecule has 0 spiro atoms. The third-order valence-corrected chi connectivity index (χ3v) is 6.42. The van der Waals surface area contributed by atoms with Gasteiger partial charge in [-0.05, 0) is 43.2 Å². The Labute approximate surface area is 179 Å². The van der Waals surface area contributed by atoms with E-state index >= 15 is 0 Å². The van der Waals surface area contributed by atoms with E-state index in [1.54, 1.807) is 6.92 Å². The van der Waals surface area contributed by atoms with Gasteiger partial charge in [-0.3, -0.25) is 4.79 Å². The average Bonchev–Trinajstić information content (AvgIpc) is 2.76. The number of morpholine rings is 1. The van der Waals surface area contributed by atoms with Crippen LogP contribution in [0.1, 0.15) is 44.4 Å². The minimum absolute atomic E-state index is 0.0803. The topological polar surface area (TPSA) is 57.7 Å². The van der Waals surface area contributed by atoms with E-state index in [9.17, 15) is 4.79 Å². The number of nitrogens with zero attached hydrogens (tertiary/aromatic N) is 3. The van der Waals surface area contributed by atoms with Gasteiger partial charge in [-0.25, -0.2) is 4.98 Å². The second-order valence-corrected chi connectivity index (χ2v) is 8.41. The van der Waals surface area contributed by atoms with Crippen molar-refractivity contribution < 1.29 is 9.53 Å². The zero-order valence-corrected chi connectivity index (χ0v) is 18.4. The van der Waals surface area contributed by atoms with E-state index < -0.39 is 0 Å². The summed E-state index contributed by atoms with van der Waals surface area (Å²) in [6, 6.07) is 10.9. The number of fused-ring (bicyclic) bond motifs is 1. The number of aromatic nitrogens is 1. The maximum Gasteiger partial charge on any atom is 0.224 e. The maximum absolute atomic E-state index is 12.6. The lowest BCUT2D eigenvalue weighted by atomic mass is 9.80. The van der Waals surface area contributed by atoms with Gasteiger partial charge in [0.1, 0.15) is 5.82 Å². The van der Waals surface area contributed by atoms with Gasteiger partial charge >= 0.3 is 0 Å². The van der Waals surface area contributed by atoms with Crippen molar-refractivity contribution in [3.63, 3.8) is 0 Å². The summed E-state index contributed by atoms with van der Waals surface area (Å²) in [5.41, 5.74) is 4.50. The van der Waals surface area contributed by atoms with Crippen LogP contribution in [0.2, 0.25) is 0 Å². The number of hydrogen-bond donors (Lipinski definition) is 1. The largest absolute Gasteiger partial charge is 0.378 e. The first-order valence-electron chi connectivity index (χ1n) is 10.9. The quantitative estimate of drug-likeness (QED) is 0.823. The fourth-order valence-electron chi connectivity index (χ4n) is 4.83. The van der Waals surface area contributed by atoms with Crippen LogP contribution >= 0.6 is 0 Å². The van der Waals surface area contributed by atoms with Crippen LogP contribution in [-0.4, -0.2) is 43.2 Å². The van der Waals surface area contributed by atoms with E-state index in [0.717, 1.165) is 55.4 Å². The lowest BCUT2D eigenvalue weighted by Crippen LogP contribution is -2.49. The molecule has 1 aromatic carbocycles. The minimum atomic E-state index is 0.0803. The SMILES string of the molecule is CC[C@H]1[C@H](C)[C@@H](Nc2ccc(C)cn2)c2cc(N3CCOCC3)ccc2N1C(C)=O. The molecule has 1 saturated heterocycles. The summed E-state index contributed by atoms with van der Waals surface area (Å²) in [7, 11) is 0. The summed E-state index contributed by atoms with van der Waals surface area (Å²) in [5.74, 6) is 1.21. The molecule has 6 nitrogen and oxygen atoms in total. The van der Waals surface area contributed by atoms with Gasteiger partial charge in [0.25, 0.3) is 0 Å². The standard InChI is InChI=1S/C24H32N4O2/c1-5-21-17(3)24(26-23-9-6-16(2)15-25-23)20-14-19(27-10-12-30-13-11-27)7-8-22(20)28(21)18(4)29/h6-9,14-15,17,21,24H,5,10-13H2,1-4H3,(H,25,26)/t17-,21-,24+/m0/s1. The number of anilines is 3. The molecule has 30 heavy (non-hydrogen) atoms. The number of carbonyl (C=O) groups excluding carboxylic acids is 1. The summed E-state index contributed by atoms with van der Waals surface area (Å²) in [5, 5.41) is 3.68. The van der Waals surface area contributed by atoms with E-state index in [1.165, 1.54) is 5.69 Å². The summed E-state index contributed by atoms with van der Waals surface area (Å²) in [4.78, 5) is 21.6. The highest BCUT2D eigenvalue weighted by Gasteiger charge is 2.40. The molecule has 1 aromatic heterocycles. The Morgan fingerprint density at radius 2 is 2.00 bits per heavy atom. The van der Waals surface area contributed by atoms with Crippen molar-refractivity contribution in [3.05, 3.63) is 47.7 Å². The van der Waals surface area contributed by atoms with Gasteiger partial charge in [0, 0.05) is 55.1 Å². The van der Waals surface area contributed by atoms with Crippen LogP contribution in [0.3, 0.4) is 0 Å². The van der Waals surface area contributed by atoms with Crippen LogP contribution < -0.4 is 15.1 Å². The van der Waals surface area contributed by atoms with Crippen LogP contribution in [0.5, 0.6) is 0 Å². The number of benzene rings is 1. The van der Waals surface area contributed by atoms with Gasteiger partial charge in [-0.1, -0.05) is 19.9 Å². The van der Waals surface area contributed by atoms with Gasteiger partial charge in [0.05, 0.1) is 19.3 Å². The van der Waals surface area contributed by atoms with Crippen molar-refractivity contribution in [2.75, 3.05) is 41.4 Å². The molecule has 1 amide bonds. The molecule has 0 bridgehead atoms. The molecule has 2 aromatic rings. The van der Waals surface area contributed by atoms with Crippen LogP contribution in [-0.2, 0) is 9.53 Å². The number of amides is 1. The van der Waals surface area contributed by atoms with Crippen molar-refractivity contribution in [1.29, 1.82) is 0 Å². The van der Waals surface area contributed by atoms with Crippen molar-refractivity contribution in [2.45, 2.75) is 46.2 Å². The van der Waals surface area contributed by atoms with Crippen LogP contribution in [0, 0.1) is 12.8 Å². The van der Waals surface area contributed by atoms with E-state index in [4.69, 9.17) is 4.74 Å². The van der Waals surface area contributed by atoms with E-state index in [0.29, 0.717) is 0 Å². The second-order valence-electron chi connectivity index (χ2n) is 8.41. The molecule has 0 saturated carbocycles. The van der Waals surface area contributed by atoms with E-state index in [1.807, 2.05) is 24.1 Å². The smallest absolute Gasteiger partial charge is 0.224 e. The highest BCUT2D eigenvalue weighted by atomic mass is 16.5. The predicted octanol–water partition coefficient (Wildman–Crippen LogP) is 4.16. The number of carbonyl (C=O) groups is 1. The number of pyridine rings is 1. The zero-order chi connectivity index (χ0) is 21.3. The summed E-state index contributed by atoms with van der Waals surface area (Å²) in [6.07, 6.45) is 2.80. The fourth-order valence-corrected chi connectivity index (χ4v) is 4.83. The van der Waals surface area contributed by atoms with Crippen LogP contribution in [0.15, 0.2) is 36.5 Å². The molecule has 6 heteroatoms. The minimum Gasteiger partial charge on any atom is -0.378 e. The molecule has 3 heterocycles. The normalized spacial score (nSPS) is 23.8. The first kappa shape index (κ1) is 20.7. The molecule has 0 aliphatic carbocycles. The number of ether oxygens (including phenoxy) is 1. The van der Waals surface area contributed by atoms with Crippen LogP contribution in [0.25, 0.3) is 0 Å². The number of rotatable bonds is 4. The molecule has 160 valence electrons. The van der Waals surface area contributed by atoms with Crippen molar-refractivity contribution in [1.82, 2.24) is 4.98 Å². The number of hydrogen-bond acceptors (Lipinski definition) is 5. The lowest BCUT2D eigenvalue weighted by molar-refractivity contribution is -0.117. The van der Waals surface area contributed by atoms with Crippen LogP contribution in [0.4, 0.5) is 17.2 Å². The first-order chi connectivity index (χ1) is 14.5. The average molecular weight is 409 g/mol. The Morgan fingerprint density at radius 3 is 2.63 bits per heavy atom. The second kappa shape index (κ2) is 8.64. The first-order valence-corrected chi connectivity index (χ1v) is 10.9. The lowest BCUT2D eigenvalue weighted by Gasteiger charge is -2.45. The molecular weight excluding hydrogens is 376 g/mol. The van der Waals surface area contributed by atoms with Gasteiger partial charge in [-0.15, -0.1) is 0 Å². The molecule has 0 unspecified atom stereocenters.